The van der Waals surface area contributed by atoms with Crippen LogP contribution >= 0.6 is 0 Å². The van der Waals surface area contributed by atoms with Gasteiger partial charge in [-0.1, -0.05) is 6.07 Å². The average molecular weight is 559 g/mol. The maximum absolute atomic E-state index is 13.5. The molecule has 5 aromatic heterocycles. The Hall–Kier alpha value is -4.65. The van der Waals surface area contributed by atoms with Crippen LogP contribution in [0.1, 0.15) is 61.6 Å². The van der Waals surface area contributed by atoms with Gasteiger partial charge in [0.05, 0.1) is 30.1 Å². The van der Waals surface area contributed by atoms with E-state index in [0.717, 1.165) is 28.8 Å². The van der Waals surface area contributed by atoms with Gasteiger partial charge in [-0.3, -0.25) is 9.89 Å². The number of ether oxygens (including phenoxy) is 1. The number of pyridine rings is 1. The Morgan fingerprint density at radius 1 is 1.17 bits per heavy atom. The minimum Gasteiger partial charge on any atom is -0.368 e. The van der Waals surface area contributed by atoms with Gasteiger partial charge < -0.3 is 15.4 Å². The van der Waals surface area contributed by atoms with Crippen LogP contribution in [0.3, 0.4) is 0 Å². The van der Waals surface area contributed by atoms with E-state index < -0.39 is 11.4 Å². The van der Waals surface area contributed by atoms with Gasteiger partial charge in [0, 0.05) is 37.1 Å². The summed E-state index contributed by atoms with van der Waals surface area (Å²) in [6.07, 6.45) is 8.28. The van der Waals surface area contributed by atoms with Crippen molar-refractivity contribution in [2.75, 3.05) is 12.4 Å². The number of aromatic nitrogens is 8. The van der Waals surface area contributed by atoms with Gasteiger partial charge in [0.1, 0.15) is 17.2 Å². The van der Waals surface area contributed by atoms with Crippen molar-refractivity contribution in [3.63, 3.8) is 0 Å². The second-order valence-electron chi connectivity index (χ2n) is 10.4. The molecule has 1 amide bonds. The Morgan fingerprint density at radius 2 is 2.00 bits per heavy atom. The van der Waals surface area contributed by atoms with Gasteiger partial charge in [-0.2, -0.15) is 15.3 Å². The van der Waals surface area contributed by atoms with E-state index in [0.29, 0.717) is 43.1 Å². The zero-order chi connectivity index (χ0) is 28.6. The number of hydrogen-bond acceptors (Lipinski definition) is 8. The van der Waals surface area contributed by atoms with Crippen LogP contribution in [0.15, 0.2) is 55.1 Å². The molecule has 1 saturated carbocycles. The second-order valence-corrected chi connectivity index (χ2v) is 10.4. The Balaban J connectivity index is 1.14. The Labute approximate surface area is 235 Å². The van der Waals surface area contributed by atoms with E-state index in [9.17, 15) is 9.18 Å². The highest BCUT2D eigenvalue weighted by Gasteiger charge is 2.43. The molecule has 12 nitrogen and oxygen atoms in total. The molecule has 5 heterocycles. The fourth-order valence-electron chi connectivity index (χ4n) is 5.39. The fraction of sp³-hybridized carbons (Fsp3) is 0.357. The van der Waals surface area contributed by atoms with Gasteiger partial charge in [-0.15, -0.1) is 0 Å². The summed E-state index contributed by atoms with van der Waals surface area (Å²) in [5.41, 5.74) is 1.75. The number of amides is 1. The maximum atomic E-state index is 13.5. The van der Waals surface area contributed by atoms with Gasteiger partial charge in [0.25, 0.3) is 5.91 Å². The number of methoxy groups -OCH3 is 1. The number of hydrogen-bond donors (Lipinski definition) is 3. The van der Waals surface area contributed by atoms with Crippen molar-refractivity contribution in [2.45, 2.75) is 57.1 Å². The first-order valence-electron chi connectivity index (χ1n) is 13.5. The van der Waals surface area contributed by atoms with Gasteiger partial charge >= 0.3 is 0 Å². The molecular formula is C28H31FN10O2. The number of nitrogens with zero attached hydrogens (tertiary/aromatic N) is 7. The van der Waals surface area contributed by atoms with Gasteiger partial charge in [-0.25, -0.2) is 23.6 Å². The van der Waals surface area contributed by atoms with Crippen LogP contribution in [0.2, 0.25) is 0 Å². The quantitative estimate of drug-likeness (QED) is 0.258. The van der Waals surface area contributed by atoms with E-state index >= 15 is 0 Å². The third kappa shape index (κ3) is 5.27. The minimum absolute atomic E-state index is 0.0949. The molecule has 0 aliphatic heterocycles. The first kappa shape index (κ1) is 26.6. The fourth-order valence-corrected chi connectivity index (χ4v) is 5.39. The van der Waals surface area contributed by atoms with Crippen molar-refractivity contribution in [2.24, 2.45) is 0 Å². The van der Waals surface area contributed by atoms with Gasteiger partial charge in [0.15, 0.2) is 17.5 Å². The summed E-state index contributed by atoms with van der Waals surface area (Å²) < 4.78 is 22.4. The monoisotopic (exact) mass is 558 g/mol. The number of aryl methyl sites for hydroxylation is 1. The highest BCUT2D eigenvalue weighted by molar-refractivity contribution is 5.85. The zero-order valence-electron chi connectivity index (χ0n) is 23.0. The molecule has 0 bridgehead atoms. The number of carbonyl (C=O) groups excluding carboxylic acids is 1. The number of carbonyl (C=O) groups is 1. The maximum Gasteiger partial charge on any atom is 0.252 e. The van der Waals surface area contributed by atoms with Crippen molar-refractivity contribution in [1.82, 2.24) is 44.9 Å². The zero-order valence-corrected chi connectivity index (χ0v) is 23.0. The van der Waals surface area contributed by atoms with Crippen molar-refractivity contribution < 1.29 is 13.9 Å². The Kier molecular flexibility index (Phi) is 6.95. The number of halogens is 1. The van der Waals surface area contributed by atoms with Crippen LogP contribution < -0.4 is 10.6 Å². The highest BCUT2D eigenvalue weighted by Crippen LogP contribution is 2.40. The second kappa shape index (κ2) is 10.7. The molecule has 0 radical (unpaired) electrons. The molecule has 0 unspecified atom stereocenters. The van der Waals surface area contributed by atoms with E-state index in [4.69, 9.17) is 9.72 Å². The molecular weight excluding hydrogens is 527 g/mol. The largest absolute Gasteiger partial charge is 0.368 e. The molecule has 0 spiro atoms. The lowest BCUT2D eigenvalue weighted by atomic mass is 9.77. The van der Waals surface area contributed by atoms with Crippen molar-refractivity contribution in [3.8, 4) is 5.82 Å². The smallest absolute Gasteiger partial charge is 0.252 e. The normalized spacial score (nSPS) is 19.8. The topological polar surface area (TPSA) is 140 Å². The van der Waals surface area contributed by atoms with Crippen LogP contribution in [-0.2, 0) is 9.53 Å². The van der Waals surface area contributed by atoms with Gasteiger partial charge in [0.2, 0.25) is 0 Å². The molecule has 0 saturated heterocycles. The molecule has 41 heavy (non-hydrogen) atoms. The lowest BCUT2D eigenvalue weighted by Crippen LogP contribution is -2.51. The minimum atomic E-state index is -0.948. The van der Waals surface area contributed by atoms with Crippen LogP contribution in [0, 0.1) is 12.7 Å². The van der Waals surface area contributed by atoms with Crippen molar-refractivity contribution >= 4 is 23.1 Å². The summed E-state index contributed by atoms with van der Waals surface area (Å²) in [5.74, 6) is 2.20. The highest BCUT2D eigenvalue weighted by atomic mass is 19.1. The van der Waals surface area contributed by atoms with Crippen LogP contribution in [0.4, 0.5) is 16.0 Å². The van der Waals surface area contributed by atoms with Crippen molar-refractivity contribution in [3.05, 3.63) is 78.0 Å². The molecule has 13 heteroatoms. The molecule has 0 aromatic carbocycles. The summed E-state index contributed by atoms with van der Waals surface area (Å²) in [4.78, 5) is 22.8. The van der Waals surface area contributed by atoms with E-state index in [-0.39, 0.29) is 17.9 Å². The lowest BCUT2D eigenvalue weighted by molar-refractivity contribution is -0.148. The van der Waals surface area contributed by atoms with Crippen LogP contribution in [-0.4, -0.2) is 58.2 Å². The SMILES string of the molecule is CO[C@]1(C(=O)N[C@@H](C)c2ccc(-n3cc(F)cn3)nc2)CC[C@H](c2nc(Nc3cc(C)[nH]n3)cc3ccnn32)CC1. The first-order chi connectivity index (χ1) is 19.8. The molecule has 6 rings (SSSR count). The van der Waals surface area contributed by atoms with E-state index in [1.54, 1.807) is 25.6 Å². The number of rotatable bonds is 8. The summed E-state index contributed by atoms with van der Waals surface area (Å²) >= 11 is 0. The van der Waals surface area contributed by atoms with Crippen molar-refractivity contribution in [1.29, 1.82) is 0 Å². The van der Waals surface area contributed by atoms with E-state index in [1.165, 1.54) is 10.9 Å². The number of fused-ring (bicyclic) bond motifs is 1. The molecule has 5 aromatic rings. The number of nitrogens with one attached hydrogen (secondary N) is 3. The summed E-state index contributed by atoms with van der Waals surface area (Å²) in [6.45, 7) is 3.84. The summed E-state index contributed by atoms with van der Waals surface area (Å²) in [6, 6.07) is 9.07. The molecule has 1 aliphatic rings. The molecule has 1 fully saturated rings. The summed E-state index contributed by atoms with van der Waals surface area (Å²) in [7, 11) is 1.59. The van der Waals surface area contributed by atoms with E-state index in [2.05, 4.69) is 36.0 Å². The standard InChI is InChI=1S/C28H31FN10O2/c1-17-12-24(37-36-17)34-23-13-22-8-11-31-39(22)26(35-23)19-6-9-28(41-3,10-7-19)27(40)33-18(2)20-4-5-25(30-14-20)38-16-21(29)15-32-38/h4-5,8,11-16,18-19H,6-7,9-10H2,1-3H3,(H,33,40)(H2,34,36,37)/t18-,19-,28+/m0/s1. The molecule has 212 valence electrons. The van der Waals surface area contributed by atoms with Crippen LogP contribution in [0.25, 0.3) is 11.3 Å². The third-order valence-corrected chi connectivity index (χ3v) is 7.74. The third-order valence-electron chi connectivity index (χ3n) is 7.74. The molecule has 1 aliphatic carbocycles. The molecule has 1 atom stereocenters. The Bertz CT molecular complexity index is 1670. The Morgan fingerprint density at radius 3 is 2.66 bits per heavy atom. The van der Waals surface area contributed by atoms with Gasteiger partial charge in [-0.05, 0) is 57.2 Å². The van der Waals surface area contributed by atoms with Crippen LogP contribution in [0.5, 0.6) is 0 Å². The number of aromatic amines is 1. The number of H-pyrrole nitrogens is 1. The summed E-state index contributed by atoms with van der Waals surface area (Å²) in [5, 5.41) is 22.0. The van der Waals surface area contributed by atoms with E-state index in [1.807, 2.05) is 42.6 Å². The predicted octanol–water partition coefficient (Wildman–Crippen LogP) is 4.14. The first-order valence-corrected chi connectivity index (χ1v) is 13.5. The number of anilines is 2. The molecule has 3 N–H and O–H groups in total. The predicted molar refractivity (Wildman–Crippen MR) is 148 cm³/mol. The lowest BCUT2D eigenvalue weighted by Gasteiger charge is -2.38. The average Bonchev–Trinajstić information content (AvgIpc) is 3.74.